The first kappa shape index (κ1) is 12.5. The predicted molar refractivity (Wildman–Crippen MR) is 62.0 cm³/mol. The summed E-state index contributed by atoms with van der Waals surface area (Å²) in [5.74, 6) is -2.55. The lowest BCUT2D eigenvalue weighted by atomic mass is 10.3. The maximum absolute atomic E-state index is 13.2. The van der Waals surface area contributed by atoms with Gasteiger partial charge < -0.3 is 9.84 Å². The Balaban J connectivity index is 2.04. The molecular formula is C12H8F2O3S. The molecule has 0 bridgehead atoms. The number of carboxylic acids is 1. The van der Waals surface area contributed by atoms with E-state index in [1.807, 2.05) is 0 Å². The smallest absolute Gasteiger partial charge is 0.345 e. The number of aromatic carboxylic acids is 1. The van der Waals surface area contributed by atoms with Gasteiger partial charge in [-0.3, -0.25) is 0 Å². The molecule has 3 nitrogen and oxygen atoms in total. The molecule has 0 saturated carbocycles. The largest absolute Gasteiger partial charge is 0.485 e. The number of halogens is 2. The molecule has 0 spiro atoms. The van der Waals surface area contributed by atoms with Gasteiger partial charge in [0.2, 0.25) is 0 Å². The molecular weight excluding hydrogens is 262 g/mol. The van der Waals surface area contributed by atoms with Gasteiger partial charge in [-0.1, -0.05) is 0 Å². The van der Waals surface area contributed by atoms with Gasteiger partial charge in [-0.2, -0.15) is 0 Å². The van der Waals surface area contributed by atoms with Crippen LogP contribution in [0.1, 0.15) is 14.5 Å². The Labute approximate surface area is 105 Å². The van der Waals surface area contributed by atoms with E-state index in [0.29, 0.717) is 4.88 Å². The van der Waals surface area contributed by atoms with Gasteiger partial charge >= 0.3 is 5.97 Å². The minimum absolute atomic E-state index is 0.0422. The zero-order valence-electron chi connectivity index (χ0n) is 9.02. The fourth-order valence-corrected chi connectivity index (χ4v) is 2.07. The minimum atomic E-state index is -1.01. The van der Waals surface area contributed by atoms with E-state index in [2.05, 4.69) is 0 Å². The minimum Gasteiger partial charge on any atom is -0.485 e. The molecule has 1 N–H and O–H groups in total. The van der Waals surface area contributed by atoms with Crippen LogP contribution in [0.2, 0.25) is 0 Å². The Morgan fingerprint density at radius 3 is 2.67 bits per heavy atom. The molecule has 0 amide bonds. The highest BCUT2D eigenvalue weighted by Crippen LogP contribution is 2.22. The standard InChI is InChI=1S/C12H8F2O3S/c13-7-1-3-10(9(14)5-7)17-6-8-2-4-11(18-8)12(15)16/h1-5H,6H2,(H,15,16). The Bertz CT molecular complexity index is 580. The van der Waals surface area contributed by atoms with Gasteiger partial charge in [0.25, 0.3) is 0 Å². The van der Waals surface area contributed by atoms with Crippen LogP contribution in [-0.2, 0) is 6.61 Å². The average Bonchev–Trinajstić information content (AvgIpc) is 2.76. The first-order valence-electron chi connectivity index (χ1n) is 4.96. The number of benzene rings is 1. The maximum atomic E-state index is 13.2. The second-order valence-corrected chi connectivity index (χ2v) is 4.60. The summed E-state index contributed by atoms with van der Waals surface area (Å²) < 4.78 is 31.0. The number of thiophene rings is 1. The third kappa shape index (κ3) is 2.84. The molecule has 0 saturated heterocycles. The highest BCUT2D eigenvalue weighted by atomic mass is 32.1. The summed E-state index contributed by atoms with van der Waals surface area (Å²) in [5, 5.41) is 8.73. The van der Waals surface area contributed by atoms with Crippen LogP contribution in [-0.4, -0.2) is 11.1 Å². The van der Waals surface area contributed by atoms with E-state index < -0.39 is 17.6 Å². The van der Waals surface area contributed by atoms with Crippen LogP contribution < -0.4 is 4.74 Å². The average molecular weight is 270 g/mol. The number of rotatable bonds is 4. The Morgan fingerprint density at radius 2 is 2.06 bits per heavy atom. The normalized spacial score (nSPS) is 10.3. The van der Waals surface area contributed by atoms with Gasteiger partial charge in [-0.25, -0.2) is 13.6 Å². The molecule has 0 unspecified atom stereocenters. The van der Waals surface area contributed by atoms with Gasteiger partial charge in [0.05, 0.1) is 0 Å². The van der Waals surface area contributed by atoms with Crippen LogP contribution in [0.3, 0.4) is 0 Å². The van der Waals surface area contributed by atoms with Crippen molar-refractivity contribution in [3.05, 3.63) is 51.7 Å². The molecule has 18 heavy (non-hydrogen) atoms. The molecule has 0 aliphatic carbocycles. The summed E-state index contributed by atoms with van der Waals surface area (Å²) >= 11 is 1.05. The summed E-state index contributed by atoms with van der Waals surface area (Å²) in [5.41, 5.74) is 0. The molecule has 1 aromatic heterocycles. The molecule has 2 rings (SSSR count). The first-order chi connectivity index (χ1) is 8.56. The van der Waals surface area contributed by atoms with Crippen molar-refractivity contribution in [1.29, 1.82) is 0 Å². The van der Waals surface area contributed by atoms with Crippen molar-refractivity contribution < 1.29 is 23.4 Å². The van der Waals surface area contributed by atoms with Crippen molar-refractivity contribution in [3.8, 4) is 5.75 Å². The molecule has 0 fully saturated rings. The van der Waals surface area contributed by atoms with Crippen molar-refractivity contribution in [1.82, 2.24) is 0 Å². The van der Waals surface area contributed by atoms with E-state index in [1.54, 1.807) is 6.07 Å². The van der Waals surface area contributed by atoms with E-state index in [-0.39, 0.29) is 17.2 Å². The van der Waals surface area contributed by atoms with Gasteiger partial charge in [-0.15, -0.1) is 11.3 Å². The molecule has 6 heteroatoms. The zero-order chi connectivity index (χ0) is 13.1. The van der Waals surface area contributed by atoms with Gasteiger partial charge in [-0.05, 0) is 24.3 Å². The van der Waals surface area contributed by atoms with Crippen molar-refractivity contribution in [2.75, 3.05) is 0 Å². The molecule has 0 radical (unpaired) electrons. The Morgan fingerprint density at radius 1 is 1.28 bits per heavy atom. The van der Waals surface area contributed by atoms with E-state index >= 15 is 0 Å². The number of ether oxygens (including phenoxy) is 1. The van der Waals surface area contributed by atoms with E-state index in [4.69, 9.17) is 9.84 Å². The molecule has 1 aromatic carbocycles. The second kappa shape index (κ2) is 5.14. The number of hydrogen-bond acceptors (Lipinski definition) is 3. The highest BCUT2D eigenvalue weighted by molar-refractivity contribution is 7.13. The molecule has 94 valence electrons. The molecule has 0 aliphatic heterocycles. The van der Waals surface area contributed by atoms with Gasteiger partial charge in [0, 0.05) is 10.9 Å². The lowest BCUT2D eigenvalue weighted by Crippen LogP contribution is -1.96. The van der Waals surface area contributed by atoms with Crippen LogP contribution in [0.4, 0.5) is 8.78 Å². The van der Waals surface area contributed by atoms with Crippen LogP contribution in [0, 0.1) is 11.6 Å². The summed E-state index contributed by atoms with van der Waals surface area (Å²) in [6, 6.07) is 6.06. The van der Waals surface area contributed by atoms with Crippen molar-refractivity contribution in [3.63, 3.8) is 0 Å². The molecule has 1 heterocycles. The van der Waals surface area contributed by atoms with Crippen molar-refractivity contribution >= 4 is 17.3 Å². The number of hydrogen-bond donors (Lipinski definition) is 1. The van der Waals surface area contributed by atoms with Crippen LogP contribution >= 0.6 is 11.3 Å². The fraction of sp³-hybridized carbons (Fsp3) is 0.0833. The first-order valence-corrected chi connectivity index (χ1v) is 5.78. The zero-order valence-corrected chi connectivity index (χ0v) is 9.84. The molecule has 0 atom stereocenters. The van der Waals surface area contributed by atoms with Gasteiger partial charge in [0.15, 0.2) is 11.6 Å². The summed E-state index contributed by atoms with van der Waals surface area (Å²) in [7, 11) is 0. The second-order valence-electron chi connectivity index (χ2n) is 3.43. The summed E-state index contributed by atoms with van der Waals surface area (Å²) in [6.45, 7) is 0.0422. The topological polar surface area (TPSA) is 46.5 Å². The lowest BCUT2D eigenvalue weighted by molar-refractivity contribution is 0.0702. The van der Waals surface area contributed by atoms with Crippen molar-refractivity contribution in [2.24, 2.45) is 0 Å². The van der Waals surface area contributed by atoms with Crippen LogP contribution in [0.15, 0.2) is 30.3 Å². The lowest BCUT2D eigenvalue weighted by Gasteiger charge is -2.05. The van der Waals surface area contributed by atoms with Crippen LogP contribution in [0.25, 0.3) is 0 Å². The predicted octanol–water partition coefficient (Wildman–Crippen LogP) is 3.30. The maximum Gasteiger partial charge on any atom is 0.345 e. The third-order valence-corrected chi connectivity index (χ3v) is 3.18. The number of carboxylic acid groups (broad SMARTS) is 1. The van der Waals surface area contributed by atoms with E-state index in [1.165, 1.54) is 12.1 Å². The quantitative estimate of drug-likeness (QED) is 0.927. The molecule has 2 aromatic rings. The Hall–Kier alpha value is -1.95. The SMILES string of the molecule is O=C(O)c1ccc(COc2ccc(F)cc2F)s1. The summed E-state index contributed by atoms with van der Waals surface area (Å²) in [6.07, 6.45) is 0. The summed E-state index contributed by atoms with van der Waals surface area (Å²) in [4.78, 5) is 11.5. The fourth-order valence-electron chi connectivity index (χ4n) is 1.31. The van der Waals surface area contributed by atoms with E-state index in [0.717, 1.165) is 23.5 Å². The molecule has 0 aliphatic rings. The van der Waals surface area contributed by atoms with E-state index in [9.17, 15) is 13.6 Å². The van der Waals surface area contributed by atoms with Gasteiger partial charge in [0.1, 0.15) is 17.3 Å². The third-order valence-electron chi connectivity index (χ3n) is 2.14. The number of carbonyl (C=O) groups is 1. The van der Waals surface area contributed by atoms with Crippen LogP contribution in [0.5, 0.6) is 5.75 Å². The Kier molecular flexibility index (Phi) is 3.57. The van der Waals surface area contributed by atoms with Crippen molar-refractivity contribution in [2.45, 2.75) is 6.61 Å². The monoisotopic (exact) mass is 270 g/mol. The highest BCUT2D eigenvalue weighted by Gasteiger charge is 2.09.